The molecular weight excluding hydrogens is 463 g/mol. The number of alkyl halides is 3. The maximum Gasteiger partial charge on any atom is 0.490 e. The number of rotatable bonds is 6. The first-order valence-corrected chi connectivity index (χ1v) is 9.47. The molecule has 0 aliphatic carbocycles. The number of thiophene rings is 1. The summed E-state index contributed by atoms with van der Waals surface area (Å²) in [5, 5.41) is 15.1. The molecule has 0 unspecified atom stereocenters. The van der Waals surface area contributed by atoms with Gasteiger partial charge in [0.25, 0.3) is 6.08 Å². The number of nitrogens with two attached hydrogens (primary N) is 1. The molecule has 0 spiro atoms. The van der Waals surface area contributed by atoms with Gasteiger partial charge in [-0.1, -0.05) is 0 Å². The summed E-state index contributed by atoms with van der Waals surface area (Å²) in [5.41, 5.74) is 5.51. The quantitative estimate of drug-likeness (QED) is 0.523. The summed E-state index contributed by atoms with van der Waals surface area (Å²) < 4.78 is 61.2. The Bertz CT molecular complexity index is 1160. The van der Waals surface area contributed by atoms with Crippen molar-refractivity contribution in [3.63, 3.8) is 0 Å². The molecule has 0 bridgehead atoms. The summed E-state index contributed by atoms with van der Waals surface area (Å²) in [6.45, 7) is -0.305. The number of aryl methyl sites for hydroxylation is 1. The molecule has 0 amide bonds. The average Bonchev–Trinajstić information content (AvgIpc) is 3.42. The number of carbonyl (C=O) groups is 1. The maximum atomic E-state index is 12.7. The van der Waals surface area contributed by atoms with Crippen molar-refractivity contribution in [1.82, 2.24) is 24.1 Å². The zero-order valence-electron chi connectivity index (χ0n) is 16.4. The topological polar surface area (TPSA) is 121 Å². The van der Waals surface area contributed by atoms with Gasteiger partial charge in [-0.05, 0) is 12.1 Å². The van der Waals surface area contributed by atoms with E-state index in [1.54, 1.807) is 10.9 Å². The molecule has 9 nitrogen and oxygen atoms in total. The molecular formula is C17H17F5N6O3S. The number of halogens is 5. The molecule has 0 atom stereocenters. The van der Waals surface area contributed by atoms with Crippen LogP contribution in [0.15, 0.2) is 47.3 Å². The molecule has 0 radical (unpaired) electrons. The first kappa shape index (κ1) is 24.9. The molecule has 0 aromatic carbocycles. The van der Waals surface area contributed by atoms with Gasteiger partial charge in [0.1, 0.15) is 6.33 Å². The van der Waals surface area contributed by atoms with E-state index in [9.17, 15) is 26.7 Å². The molecule has 3 N–H and O–H groups in total. The number of carboxylic acid groups (broad SMARTS) is 1. The van der Waals surface area contributed by atoms with Crippen LogP contribution in [0.2, 0.25) is 0 Å². The number of hydrogen-bond donors (Lipinski definition) is 2. The van der Waals surface area contributed by atoms with Crippen LogP contribution < -0.4 is 11.4 Å². The van der Waals surface area contributed by atoms with Crippen molar-refractivity contribution in [3.05, 3.63) is 57.9 Å². The van der Waals surface area contributed by atoms with Crippen LogP contribution in [0.1, 0.15) is 4.88 Å². The van der Waals surface area contributed by atoms with Crippen molar-refractivity contribution < 1.29 is 31.9 Å². The Kier molecular flexibility index (Phi) is 8.04. The molecule has 0 aliphatic heterocycles. The highest BCUT2D eigenvalue weighted by atomic mass is 32.1. The second kappa shape index (κ2) is 10.3. The van der Waals surface area contributed by atoms with Crippen LogP contribution in [0, 0.1) is 0 Å². The smallest absolute Gasteiger partial charge is 0.475 e. The Labute approximate surface area is 180 Å². The van der Waals surface area contributed by atoms with Gasteiger partial charge in [0.15, 0.2) is 0 Å². The van der Waals surface area contributed by atoms with E-state index in [-0.39, 0.29) is 18.7 Å². The van der Waals surface area contributed by atoms with Crippen LogP contribution >= 0.6 is 11.3 Å². The standard InChI is InChI=1S/C15H16F2N6OS.C2HF3O2/c1-21-6-11(5-19-21)13-3-2-12(25-13)8-22-9-20-23(15(22)24)7-10(4-18)14(16)17;3-2(4,5)1(6)7/h2-3,5-6,9H,4,7-8,18H2,1H3;(H,6,7). The van der Waals surface area contributed by atoms with Gasteiger partial charge in [0, 0.05) is 40.7 Å². The molecule has 174 valence electrons. The number of aliphatic carboxylic acids is 1. The molecule has 0 saturated carbocycles. The molecule has 3 aromatic rings. The fraction of sp³-hybridized carbons (Fsp3) is 0.294. The highest BCUT2D eigenvalue weighted by molar-refractivity contribution is 7.15. The van der Waals surface area contributed by atoms with Crippen LogP contribution in [0.4, 0.5) is 22.0 Å². The molecule has 32 heavy (non-hydrogen) atoms. The molecule has 0 saturated heterocycles. The van der Waals surface area contributed by atoms with E-state index < -0.39 is 23.9 Å². The minimum atomic E-state index is -5.08. The Morgan fingerprint density at radius 1 is 1.25 bits per heavy atom. The molecule has 0 fully saturated rings. The van der Waals surface area contributed by atoms with Crippen molar-refractivity contribution in [2.24, 2.45) is 12.8 Å². The number of aromatic nitrogens is 5. The third-order valence-electron chi connectivity index (χ3n) is 3.87. The van der Waals surface area contributed by atoms with Crippen molar-refractivity contribution in [2.75, 3.05) is 6.54 Å². The van der Waals surface area contributed by atoms with E-state index in [1.165, 1.54) is 22.2 Å². The Morgan fingerprint density at radius 2 is 1.91 bits per heavy atom. The van der Waals surface area contributed by atoms with Crippen molar-refractivity contribution in [3.8, 4) is 10.4 Å². The fourth-order valence-corrected chi connectivity index (χ4v) is 3.29. The lowest BCUT2D eigenvalue weighted by molar-refractivity contribution is -0.192. The number of carboxylic acids is 1. The normalized spacial score (nSPS) is 11.1. The number of hydrogen-bond acceptors (Lipinski definition) is 6. The first-order chi connectivity index (χ1) is 14.9. The highest BCUT2D eigenvalue weighted by Gasteiger charge is 2.38. The van der Waals surface area contributed by atoms with E-state index in [4.69, 9.17) is 15.6 Å². The van der Waals surface area contributed by atoms with Crippen molar-refractivity contribution >= 4 is 17.3 Å². The Balaban J connectivity index is 0.000000451. The van der Waals surface area contributed by atoms with E-state index in [0.29, 0.717) is 6.54 Å². The van der Waals surface area contributed by atoms with Gasteiger partial charge in [-0.15, -0.1) is 11.3 Å². The number of nitrogens with zero attached hydrogens (tertiary/aromatic N) is 5. The molecule has 3 heterocycles. The highest BCUT2D eigenvalue weighted by Crippen LogP contribution is 2.27. The zero-order chi connectivity index (χ0) is 24.1. The maximum absolute atomic E-state index is 12.7. The molecule has 15 heteroatoms. The predicted molar refractivity (Wildman–Crippen MR) is 104 cm³/mol. The van der Waals surface area contributed by atoms with Crippen LogP contribution in [0.3, 0.4) is 0 Å². The van der Waals surface area contributed by atoms with Gasteiger partial charge >= 0.3 is 17.8 Å². The molecule has 3 rings (SSSR count). The summed E-state index contributed by atoms with van der Waals surface area (Å²) in [6, 6.07) is 3.88. The van der Waals surface area contributed by atoms with Gasteiger partial charge in [-0.3, -0.25) is 9.25 Å². The summed E-state index contributed by atoms with van der Waals surface area (Å²) in [5.74, 6) is -2.76. The minimum Gasteiger partial charge on any atom is -0.475 e. The minimum absolute atomic E-state index is 0.303. The summed E-state index contributed by atoms with van der Waals surface area (Å²) in [6.07, 6.45) is -1.93. The molecule has 3 aromatic heterocycles. The van der Waals surface area contributed by atoms with Crippen LogP contribution in [0.25, 0.3) is 10.4 Å². The second-order valence-corrected chi connectivity index (χ2v) is 7.41. The van der Waals surface area contributed by atoms with E-state index in [2.05, 4.69) is 10.2 Å². The monoisotopic (exact) mass is 480 g/mol. The van der Waals surface area contributed by atoms with Crippen LogP contribution in [0.5, 0.6) is 0 Å². The van der Waals surface area contributed by atoms with Gasteiger partial charge < -0.3 is 10.8 Å². The second-order valence-electron chi connectivity index (χ2n) is 6.24. The fourth-order valence-electron chi connectivity index (χ4n) is 2.31. The van der Waals surface area contributed by atoms with Gasteiger partial charge in [0.05, 0.1) is 19.3 Å². The van der Waals surface area contributed by atoms with Gasteiger partial charge in [-0.2, -0.15) is 32.1 Å². The SMILES string of the molecule is Cn1cc(-c2ccc(Cn3cnn(CC(CN)=C(F)F)c3=O)s2)cn1.O=C(O)C(F)(F)F. The van der Waals surface area contributed by atoms with Gasteiger partial charge in [0.2, 0.25) is 0 Å². The third kappa shape index (κ3) is 6.58. The first-order valence-electron chi connectivity index (χ1n) is 8.65. The van der Waals surface area contributed by atoms with E-state index in [1.807, 2.05) is 25.4 Å². The third-order valence-corrected chi connectivity index (χ3v) is 4.99. The lowest BCUT2D eigenvalue weighted by atomic mass is 10.3. The summed E-state index contributed by atoms with van der Waals surface area (Å²) in [4.78, 5) is 23.2. The predicted octanol–water partition coefficient (Wildman–Crippen LogP) is 2.30. The van der Waals surface area contributed by atoms with Crippen molar-refractivity contribution in [2.45, 2.75) is 19.3 Å². The van der Waals surface area contributed by atoms with Crippen molar-refractivity contribution in [1.29, 1.82) is 0 Å². The largest absolute Gasteiger partial charge is 0.490 e. The van der Waals surface area contributed by atoms with E-state index in [0.717, 1.165) is 20.0 Å². The van der Waals surface area contributed by atoms with E-state index >= 15 is 0 Å². The average molecular weight is 480 g/mol. The molecule has 0 aliphatic rings. The zero-order valence-corrected chi connectivity index (χ0v) is 17.2. The summed E-state index contributed by atoms with van der Waals surface area (Å²) in [7, 11) is 1.84. The summed E-state index contributed by atoms with van der Waals surface area (Å²) >= 11 is 1.54. The van der Waals surface area contributed by atoms with Crippen LogP contribution in [-0.2, 0) is 24.9 Å². The Morgan fingerprint density at radius 3 is 2.41 bits per heavy atom. The van der Waals surface area contributed by atoms with Gasteiger partial charge in [-0.25, -0.2) is 14.3 Å². The lowest BCUT2D eigenvalue weighted by Gasteiger charge is -2.02. The Hall–Kier alpha value is -3.33. The lowest BCUT2D eigenvalue weighted by Crippen LogP contribution is -2.27. The van der Waals surface area contributed by atoms with Crippen LogP contribution in [-0.4, -0.2) is 47.9 Å².